The van der Waals surface area contributed by atoms with Gasteiger partial charge in [-0.1, -0.05) is 0 Å². The zero-order valence-electron chi connectivity index (χ0n) is 10.3. The average Bonchev–Trinajstić information content (AvgIpc) is 2.95. The van der Waals surface area contributed by atoms with Crippen molar-refractivity contribution < 1.29 is 4.79 Å². The number of nitrogens with zero attached hydrogens (tertiary/aromatic N) is 3. The SMILES string of the molecule is N#Cc1ccnc(C(=O)Nc2ccc3nc[nH]c3c2)c1. The van der Waals surface area contributed by atoms with Crippen LogP contribution >= 0.6 is 0 Å². The number of benzene rings is 1. The third-order valence-corrected chi connectivity index (χ3v) is 2.80. The van der Waals surface area contributed by atoms with E-state index in [9.17, 15) is 4.79 Å². The molecule has 0 radical (unpaired) electrons. The molecule has 6 heteroatoms. The fourth-order valence-corrected chi connectivity index (χ4v) is 1.83. The van der Waals surface area contributed by atoms with Crippen LogP contribution in [0.5, 0.6) is 0 Å². The molecule has 0 bridgehead atoms. The lowest BCUT2D eigenvalue weighted by Crippen LogP contribution is -2.13. The van der Waals surface area contributed by atoms with Crippen LogP contribution in [0.2, 0.25) is 0 Å². The van der Waals surface area contributed by atoms with Gasteiger partial charge < -0.3 is 10.3 Å². The highest BCUT2D eigenvalue weighted by Crippen LogP contribution is 2.16. The van der Waals surface area contributed by atoms with E-state index in [2.05, 4.69) is 20.3 Å². The number of amides is 1. The minimum absolute atomic E-state index is 0.203. The van der Waals surface area contributed by atoms with Gasteiger partial charge in [-0.2, -0.15) is 5.26 Å². The van der Waals surface area contributed by atoms with Gasteiger partial charge in [0.05, 0.1) is 29.0 Å². The molecule has 0 aliphatic heterocycles. The predicted molar refractivity (Wildman–Crippen MR) is 73.0 cm³/mol. The molecule has 20 heavy (non-hydrogen) atoms. The highest BCUT2D eigenvalue weighted by atomic mass is 16.1. The summed E-state index contributed by atoms with van der Waals surface area (Å²) in [5.41, 5.74) is 2.90. The Kier molecular flexibility index (Phi) is 2.86. The number of aromatic nitrogens is 3. The van der Waals surface area contributed by atoms with Crippen molar-refractivity contribution >= 4 is 22.6 Å². The molecular formula is C14H9N5O. The second kappa shape index (κ2) is 4.82. The molecule has 0 fully saturated rings. The molecule has 2 heterocycles. The van der Waals surface area contributed by atoms with Crippen molar-refractivity contribution in [3.8, 4) is 6.07 Å². The molecule has 0 aliphatic carbocycles. The van der Waals surface area contributed by atoms with Gasteiger partial charge in [0.15, 0.2) is 0 Å². The van der Waals surface area contributed by atoms with Crippen LogP contribution in [0.4, 0.5) is 5.69 Å². The zero-order chi connectivity index (χ0) is 13.9. The third kappa shape index (κ3) is 2.20. The van der Waals surface area contributed by atoms with Crippen LogP contribution in [-0.2, 0) is 0 Å². The number of nitrogens with one attached hydrogen (secondary N) is 2. The standard InChI is InChI=1S/C14H9N5O/c15-7-9-3-4-16-13(5-9)14(20)19-10-1-2-11-12(6-10)18-8-17-11/h1-6,8H,(H,17,18)(H,19,20). The summed E-state index contributed by atoms with van der Waals surface area (Å²) < 4.78 is 0. The van der Waals surface area contributed by atoms with Gasteiger partial charge in [0, 0.05) is 11.9 Å². The van der Waals surface area contributed by atoms with Crippen molar-refractivity contribution in [2.24, 2.45) is 0 Å². The summed E-state index contributed by atoms with van der Waals surface area (Å²) in [5, 5.41) is 11.5. The van der Waals surface area contributed by atoms with E-state index in [0.717, 1.165) is 11.0 Å². The largest absolute Gasteiger partial charge is 0.345 e. The number of pyridine rings is 1. The predicted octanol–water partition coefficient (Wildman–Crippen LogP) is 2.08. The maximum absolute atomic E-state index is 12.0. The summed E-state index contributed by atoms with van der Waals surface area (Å²) in [7, 11) is 0. The fourth-order valence-electron chi connectivity index (χ4n) is 1.83. The molecule has 0 spiro atoms. The van der Waals surface area contributed by atoms with Crippen molar-refractivity contribution in [2.75, 3.05) is 5.32 Å². The van der Waals surface area contributed by atoms with Gasteiger partial charge in [-0.3, -0.25) is 9.78 Å². The minimum Gasteiger partial charge on any atom is -0.345 e. The molecule has 2 aromatic heterocycles. The first-order valence-corrected chi connectivity index (χ1v) is 5.87. The van der Waals surface area contributed by atoms with E-state index >= 15 is 0 Å². The van der Waals surface area contributed by atoms with E-state index in [0.29, 0.717) is 11.3 Å². The third-order valence-electron chi connectivity index (χ3n) is 2.80. The van der Waals surface area contributed by atoms with Crippen LogP contribution in [0.1, 0.15) is 16.1 Å². The van der Waals surface area contributed by atoms with Crippen molar-refractivity contribution in [1.29, 1.82) is 5.26 Å². The lowest BCUT2D eigenvalue weighted by atomic mass is 10.2. The molecule has 0 aliphatic rings. The van der Waals surface area contributed by atoms with Gasteiger partial charge in [-0.15, -0.1) is 0 Å². The Bertz CT molecular complexity index is 831. The number of hydrogen-bond donors (Lipinski definition) is 2. The number of anilines is 1. The Hall–Kier alpha value is -3.20. The molecule has 3 rings (SSSR count). The number of fused-ring (bicyclic) bond motifs is 1. The molecule has 1 amide bonds. The van der Waals surface area contributed by atoms with Crippen molar-refractivity contribution in [3.05, 3.63) is 54.1 Å². The second-order valence-corrected chi connectivity index (χ2v) is 4.13. The van der Waals surface area contributed by atoms with Crippen molar-refractivity contribution in [2.45, 2.75) is 0 Å². The first kappa shape index (κ1) is 11.9. The van der Waals surface area contributed by atoms with Gasteiger partial charge in [-0.25, -0.2) is 4.98 Å². The highest BCUT2D eigenvalue weighted by Gasteiger charge is 2.09. The molecule has 0 saturated heterocycles. The summed E-state index contributed by atoms with van der Waals surface area (Å²) in [6.45, 7) is 0. The first-order valence-electron chi connectivity index (χ1n) is 5.87. The maximum Gasteiger partial charge on any atom is 0.274 e. The average molecular weight is 263 g/mol. The number of carbonyl (C=O) groups is 1. The molecular weight excluding hydrogens is 254 g/mol. The van der Waals surface area contributed by atoms with Crippen molar-refractivity contribution in [1.82, 2.24) is 15.0 Å². The Balaban J connectivity index is 1.86. The normalized spacial score (nSPS) is 10.2. The number of rotatable bonds is 2. The Morgan fingerprint density at radius 2 is 2.15 bits per heavy atom. The lowest BCUT2D eigenvalue weighted by molar-refractivity contribution is 0.102. The van der Waals surface area contributed by atoms with Gasteiger partial charge in [0.1, 0.15) is 5.69 Å². The van der Waals surface area contributed by atoms with Gasteiger partial charge in [-0.05, 0) is 30.3 Å². The molecule has 0 atom stereocenters. The number of nitriles is 1. The van der Waals surface area contributed by atoms with Crippen LogP contribution < -0.4 is 5.32 Å². The molecule has 0 saturated carbocycles. The quantitative estimate of drug-likeness (QED) is 0.740. The van der Waals surface area contributed by atoms with Gasteiger partial charge in [0.2, 0.25) is 0 Å². The summed E-state index contributed by atoms with van der Waals surface area (Å²) in [6, 6.07) is 10.3. The monoisotopic (exact) mass is 263 g/mol. The lowest BCUT2D eigenvalue weighted by Gasteiger charge is -2.04. The molecule has 96 valence electrons. The van der Waals surface area contributed by atoms with E-state index in [1.165, 1.54) is 12.3 Å². The summed E-state index contributed by atoms with van der Waals surface area (Å²) in [5.74, 6) is -0.360. The Morgan fingerprint density at radius 3 is 3.00 bits per heavy atom. The molecule has 6 nitrogen and oxygen atoms in total. The van der Waals surface area contributed by atoms with E-state index in [4.69, 9.17) is 5.26 Å². The maximum atomic E-state index is 12.0. The topological polar surface area (TPSA) is 94.5 Å². The zero-order valence-corrected chi connectivity index (χ0v) is 10.3. The Morgan fingerprint density at radius 1 is 1.25 bits per heavy atom. The summed E-state index contributed by atoms with van der Waals surface area (Å²) in [6.07, 6.45) is 3.03. The minimum atomic E-state index is -0.360. The van der Waals surface area contributed by atoms with Gasteiger partial charge in [0.25, 0.3) is 5.91 Å². The van der Waals surface area contributed by atoms with E-state index in [1.807, 2.05) is 6.07 Å². The number of hydrogen-bond acceptors (Lipinski definition) is 4. The Labute approximate surface area is 114 Å². The molecule has 3 aromatic rings. The fraction of sp³-hybridized carbons (Fsp3) is 0. The summed E-state index contributed by atoms with van der Waals surface area (Å²) >= 11 is 0. The van der Waals surface area contributed by atoms with Crippen LogP contribution in [0.25, 0.3) is 11.0 Å². The van der Waals surface area contributed by atoms with Crippen LogP contribution in [0.3, 0.4) is 0 Å². The summed E-state index contributed by atoms with van der Waals surface area (Å²) in [4.78, 5) is 23.1. The number of H-pyrrole nitrogens is 1. The van der Waals surface area contributed by atoms with E-state index in [-0.39, 0.29) is 11.6 Å². The first-order chi connectivity index (χ1) is 9.76. The highest BCUT2D eigenvalue weighted by molar-refractivity contribution is 6.03. The van der Waals surface area contributed by atoms with Crippen LogP contribution in [0, 0.1) is 11.3 Å². The molecule has 1 aromatic carbocycles. The van der Waals surface area contributed by atoms with Crippen LogP contribution in [-0.4, -0.2) is 20.9 Å². The molecule has 0 unspecified atom stereocenters. The van der Waals surface area contributed by atoms with Crippen LogP contribution in [0.15, 0.2) is 42.9 Å². The van der Waals surface area contributed by atoms with E-state index in [1.54, 1.807) is 30.6 Å². The number of carbonyl (C=O) groups excluding carboxylic acids is 1. The number of aromatic amines is 1. The van der Waals surface area contributed by atoms with Crippen molar-refractivity contribution in [3.63, 3.8) is 0 Å². The molecule has 2 N–H and O–H groups in total. The van der Waals surface area contributed by atoms with E-state index < -0.39 is 0 Å². The second-order valence-electron chi connectivity index (χ2n) is 4.13. The number of imidazole rings is 1. The van der Waals surface area contributed by atoms with Gasteiger partial charge >= 0.3 is 0 Å². The smallest absolute Gasteiger partial charge is 0.274 e.